The molecule has 0 bridgehead atoms. The lowest BCUT2D eigenvalue weighted by atomic mass is 10.0. The largest absolute Gasteiger partial charge is 0.327 e. The highest BCUT2D eigenvalue weighted by Crippen LogP contribution is 2.28. The van der Waals surface area contributed by atoms with Crippen molar-refractivity contribution in [2.45, 2.75) is 50.8 Å². The van der Waals surface area contributed by atoms with Gasteiger partial charge in [0.2, 0.25) is 0 Å². The minimum absolute atomic E-state index is 0.512. The number of rotatable bonds is 4. The smallest absolute Gasteiger partial charge is 0.00674 e. The van der Waals surface area contributed by atoms with Crippen molar-refractivity contribution in [2.75, 3.05) is 5.75 Å². The van der Waals surface area contributed by atoms with E-state index in [1.165, 1.54) is 31.4 Å². The monoisotopic (exact) mass is 187 g/mol. The molecule has 0 radical (unpaired) electrons. The normalized spacial score (nSPS) is 30.0. The van der Waals surface area contributed by atoms with E-state index in [-0.39, 0.29) is 0 Å². The van der Waals surface area contributed by atoms with E-state index in [0.29, 0.717) is 6.04 Å². The van der Waals surface area contributed by atoms with Crippen LogP contribution in [-0.2, 0) is 0 Å². The van der Waals surface area contributed by atoms with Crippen molar-refractivity contribution in [2.24, 2.45) is 11.7 Å². The Morgan fingerprint density at radius 1 is 1.42 bits per heavy atom. The summed E-state index contributed by atoms with van der Waals surface area (Å²) in [5.74, 6) is 2.13. The molecule has 0 aromatic carbocycles. The maximum absolute atomic E-state index is 5.99. The van der Waals surface area contributed by atoms with E-state index in [1.54, 1.807) is 0 Å². The van der Waals surface area contributed by atoms with Gasteiger partial charge in [-0.3, -0.25) is 0 Å². The molecule has 1 nitrogen and oxygen atoms in total. The molecule has 0 spiro atoms. The summed E-state index contributed by atoms with van der Waals surface area (Å²) in [4.78, 5) is 0. The molecule has 1 saturated carbocycles. The Bertz CT molecular complexity index is 125. The predicted molar refractivity (Wildman–Crippen MR) is 57.5 cm³/mol. The first kappa shape index (κ1) is 10.4. The van der Waals surface area contributed by atoms with Crippen LogP contribution in [0.3, 0.4) is 0 Å². The lowest BCUT2D eigenvalue weighted by molar-refractivity contribution is 0.470. The van der Waals surface area contributed by atoms with Crippen LogP contribution in [-0.4, -0.2) is 17.0 Å². The van der Waals surface area contributed by atoms with Crippen LogP contribution in [0.5, 0.6) is 0 Å². The van der Waals surface area contributed by atoms with Crippen molar-refractivity contribution in [3.05, 3.63) is 0 Å². The quantitative estimate of drug-likeness (QED) is 0.732. The Morgan fingerprint density at radius 3 is 2.67 bits per heavy atom. The summed E-state index contributed by atoms with van der Waals surface area (Å²) in [6.07, 6.45) is 5.33. The Hall–Kier alpha value is 0.310. The summed E-state index contributed by atoms with van der Waals surface area (Å²) in [5, 5.41) is 0.780. The molecule has 2 unspecified atom stereocenters. The third-order valence-electron chi connectivity index (χ3n) is 2.66. The molecule has 12 heavy (non-hydrogen) atoms. The average molecular weight is 187 g/mol. The highest BCUT2D eigenvalue weighted by atomic mass is 32.2. The first-order chi connectivity index (χ1) is 5.70. The maximum Gasteiger partial charge on any atom is 0.00674 e. The second-order valence-electron chi connectivity index (χ2n) is 4.06. The van der Waals surface area contributed by atoms with Crippen molar-refractivity contribution in [3.8, 4) is 0 Å². The van der Waals surface area contributed by atoms with E-state index in [9.17, 15) is 0 Å². The second kappa shape index (κ2) is 5.13. The fourth-order valence-corrected chi connectivity index (χ4v) is 2.79. The van der Waals surface area contributed by atoms with Gasteiger partial charge < -0.3 is 5.73 Å². The van der Waals surface area contributed by atoms with Gasteiger partial charge in [-0.05, 0) is 36.2 Å². The van der Waals surface area contributed by atoms with Crippen LogP contribution in [0, 0.1) is 5.92 Å². The molecule has 72 valence electrons. The third-order valence-corrected chi connectivity index (χ3v) is 3.80. The lowest BCUT2D eigenvalue weighted by Gasteiger charge is -2.15. The van der Waals surface area contributed by atoms with Crippen LogP contribution in [0.1, 0.15) is 39.5 Å². The molecular weight excluding hydrogens is 166 g/mol. The topological polar surface area (TPSA) is 26.0 Å². The van der Waals surface area contributed by atoms with Crippen LogP contribution in [0.25, 0.3) is 0 Å². The standard InChI is InChI=1S/C10H21NS/c1-8(2)12-7-6-9-4-3-5-10(9)11/h8-10H,3-7,11H2,1-2H3. The van der Waals surface area contributed by atoms with Crippen LogP contribution in [0.2, 0.25) is 0 Å². The number of thioether (sulfide) groups is 1. The molecule has 1 fully saturated rings. The molecule has 1 rings (SSSR count). The average Bonchev–Trinajstić information content (AvgIpc) is 2.36. The Morgan fingerprint density at radius 2 is 2.17 bits per heavy atom. The van der Waals surface area contributed by atoms with E-state index >= 15 is 0 Å². The van der Waals surface area contributed by atoms with Gasteiger partial charge in [0, 0.05) is 6.04 Å². The van der Waals surface area contributed by atoms with Gasteiger partial charge in [-0.1, -0.05) is 20.3 Å². The van der Waals surface area contributed by atoms with Crippen molar-refractivity contribution in [1.82, 2.24) is 0 Å². The van der Waals surface area contributed by atoms with Gasteiger partial charge in [0.15, 0.2) is 0 Å². The Kier molecular flexibility index (Phi) is 4.44. The highest BCUT2D eigenvalue weighted by Gasteiger charge is 2.22. The summed E-state index contributed by atoms with van der Waals surface area (Å²) in [5.41, 5.74) is 5.99. The highest BCUT2D eigenvalue weighted by molar-refractivity contribution is 7.99. The first-order valence-corrected chi connectivity index (χ1v) is 6.12. The zero-order valence-corrected chi connectivity index (χ0v) is 9.07. The van der Waals surface area contributed by atoms with E-state index in [4.69, 9.17) is 5.73 Å². The number of hydrogen-bond acceptors (Lipinski definition) is 2. The van der Waals surface area contributed by atoms with Crippen molar-refractivity contribution >= 4 is 11.8 Å². The van der Waals surface area contributed by atoms with Gasteiger partial charge >= 0.3 is 0 Å². The van der Waals surface area contributed by atoms with Crippen molar-refractivity contribution < 1.29 is 0 Å². The molecule has 2 atom stereocenters. The third kappa shape index (κ3) is 3.36. The molecule has 0 aromatic rings. The van der Waals surface area contributed by atoms with E-state index in [1.807, 2.05) is 0 Å². The molecule has 0 amide bonds. The molecule has 0 saturated heterocycles. The summed E-state index contributed by atoms with van der Waals surface area (Å²) in [7, 11) is 0. The van der Waals surface area contributed by atoms with Crippen molar-refractivity contribution in [3.63, 3.8) is 0 Å². The summed E-state index contributed by atoms with van der Waals surface area (Å²) >= 11 is 2.06. The fraction of sp³-hybridized carbons (Fsp3) is 1.00. The molecule has 1 aliphatic carbocycles. The second-order valence-corrected chi connectivity index (χ2v) is 5.75. The molecule has 2 N–H and O–H groups in total. The predicted octanol–water partition coefficient (Wildman–Crippen LogP) is 2.65. The van der Waals surface area contributed by atoms with E-state index < -0.39 is 0 Å². The molecular formula is C10H21NS. The van der Waals surface area contributed by atoms with Crippen molar-refractivity contribution in [1.29, 1.82) is 0 Å². The van der Waals surface area contributed by atoms with Crippen LogP contribution in [0.15, 0.2) is 0 Å². The van der Waals surface area contributed by atoms with Crippen LogP contribution >= 0.6 is 11.8 Å². The van der Waals surface area contributed by atoms with Gasteiger partial charge in [-0.15, -0.1) is 0 Å². The van der Waals surface area contributed by atoms with E-state index in [0.717, 1.165) is 11.2 Å². The van der Waals surface area contributed by atoms with Crippen LogP contribution in [0.4, 0.5) is 0 Å². The van der Waals surface area contributed by atoms with Gasteiger partial charge in [0.1, 0.15) is 0 Å². The maximum atomic E-state index is 5.99. The number of hydrogen-bond donors (Lipinski definition) is 1. The van der Waals surface area contributed by atoms with Gasteiger partial charge in [0.25, 0.3) is 0 Å². The zero-order valence-electron chi connectivity index (χ0n) is 8.25. The minimum Gasteiger partial charge on any atom is -0.327 e. The fourth-order valence-electron chi connectivity index (χ4n) is 1.88. The molecule has 0 heterocycles. The molecule has 2 heteroatoms. The number of nitrogens with two attached hydrogens (primary N) is 1. The van der Waals surface area contributed by atoms with Gasteiger partial charge in [-0.25, -0.2) is 0 Å². The zero-order chi connectivity index (χ0) is 8.97. The summed E-state index contributed by atoms with van der Waals surface area (Å²) in [6, 6.07) is 0.512. The Labute approximate surface area is 80.5 Å². The minimum atomic E-state index is 0.512. The van der Waals surface area contributed by atoms with E-state index in [2.05, 4.69) is 25.6 Å². The van der Waals surface area contributed by atoms with Gasteiger partial charge in [0.05, 0.1) is 0 Å². The molecule has 0 aromatic heterocycles. The summed E-state index contributed by atoms with van der Waals surface area (Å²) in [6.45, 7) is 4.53. The van der Waals surface area contributed by atoms with Gasteiger partial charge in [-0.2, -0.15) is 11.8 Å². The SMILES string of the molecule is CC(C)SCCC1CCCC1N. The van der Waals surface area contributed by atoms with Crippen LogP contribution < -0.4 is 5.73 Å². The summed E-state index contributed by atoms with van der Waals surface area (Å²) < 4.78 is 0. The first-order valence-electron chi connectivity index (χ1n) is 5.07. The lowest BCUT2D eigenvalue weighted by Crippen LogP contribution is -2.24. The molecule has 1 aliphatic rings. The Balaban J connectivity index is 2.06. The molecule has 0 aliphatic heterocycles.